The number of pyridine rings is 1. The molecular formula is C20H18ClN3O6S2. The molecule has 32 heavy (non-hydrogen) atoms. The van der Waals surface area contributed by atoms with Gasteiger partial charge in [-0.3, -0.25) is 14.9 Å². The zero-order valence-corrected chi connectivity index (χ0v) is 19.4. The van der Waals surface area contributed by atoms with Crippen LogP contribution in [0.3, 0.4) is 0 Å². The Bertz CT molecular complexity index is 1310. The number of nitro benzene ring substituents is 1. The molecule has 0 atom stereocenters. The number of nitro groups is 1. The Labute approximate surface area is 193 Å². The molecule has 0 bridgehead atoms. The zero-order valence-electron chi connectivity index (χ0n) is 17.0. The number of thioether (sulfide) groups is 1. The number of carbonyl (C=O) groups excluding carboxylic acids is 1. The number of rotatable bonds is 8. The van der Waals surface area contributed by atoms with Gasteiger partial charge in [0.1, 0.15) is 18.3 Å². The first-order chi connectivity index (χ1) is 15.1. The van der Waals surface area contributed by atoms with E-state index in [9.17, 15) is 23.3 Å². The van der Waals surface area contributed by atoms with Crippen LogP contribution < -0.4 is 4.72 Å². The van der Waals surface area contributed by atoms with Gasteiger partial charge in [0.2, 0.25) is 10.0 Å². The van der Waals surface area contributed by atoms with Gasteiger partial charge in [0.05, 0.1) is 20.2 Å². The minimum absolute atomic E-state index is 0.178. The molecule has 12 heteroatoms. The fourth-order valence-electron chi connectivity index (χ4n) is 2.82. The summed E-state index contributed by atoms with van der Waals surface area (Å²) in [5, 5.41) is 12.2. The molecule has 2 aromatic carbocycles. The number of ether oxygens (including phenoxy) is 1. The number of hydrogen-bond donors (Lipinski definition) is 1. The molecule has 0 radical (unpaired) electrons. The van der Waals surface area contributed by atoms with E-state index in [1.54, 1.807) is 12.3 Å². The van der Waals surface area contributed by atoms with Crippen LogP contribution in [0.2, 0.25) is 5.15 Å². The Balaban J connectivity index is 1.65. The van der Waals surface area contributed by atoms with Crippen molar-refractivity contribution in [2.45, 2.75) is 23.3 Å². The largest absolute Gasteiger partial charge is 0.460 e. The van der Waals surface area contributed by atoms with E-state index in [0.29, 0.717) is 16.0 Å². The third kappa shape index (κ3) is 5.54. The van der Waals surface area contributed by atoms with Crippen LogP contribution in [0.1, 0.15) is 11.1 Å². The quantitative estimate of drug-likeness (QED) is 0.164. The van der Waals surface area contributed by atoms with E-state index in [1.165, 1.54) is 12.1 Å². The summed E-state index contributed by atoms with van der Waals surface area (Å²) in [4.78, 5) is 26.8. The predicted octanol–water partition coefficient (Wildman–Crippen LogP) is 3.85. The summed E-state index contributed by atoms with van der Waals surface area (Å²) in [6.07, 6.45) is 1.64. The molecule has 1 heterocycles. The summed E-state index contributed by atoms with van der Waals surface area (Å²) in [6.45, 7) is 1.09. The maximum atomic E-state index is 12.4. The van der Waals surface area contributed by atoms with Gasteiger partial charge in [0, 0.05) is 17.0 Å². The Morgan fingerprint density at radius 2 is 2.00 bits per heavy atom. The predicted molar refractivity (Wildman–Crippen MR) is 121 cm³/mol. The highest BCUT2D eigenvalue weighted by Gasteiger charge is 2.22. The van der Waals surface area contributed by atoms with Crippen LogP contribution in [0.25, 0.3) is 10.9 Å². The van der Waals surface area contributed by atoms with Gasteiger partial charge in [0.25, 0.3) is 5.69 Å². The van der Waals surface area contributed by atoms with E-state index in [0.717, 1.165) is 28.8 Å². The second kappa shape index (κ2) is 9.82. The van der Waals surface area contributed by atoms with Crippen molar-refractivity contribution >= 4 is 55.9 Å². The van der Waals surface area contributed by atoms with Crippen LogP contribution in [-0.2, 0) is 26.2 Å². The van der Waals surface area contributed by atoms with E-state index in [1.807, 2.05) is 25.1 Å². The van der Waals surface area contributed by atoms with Gasteiger partial charge in [0.15, 0.2) is 0 Å². The number of nitrogens with one attached hydrogen (secondary N) is 1. The van der Waals surface area contributed by atoms with E-state index in [4.69, 9.17) is 16.3 Å². The molecule has 0 saturated heterocycles. The van der Waals surface area contributed by atoms with E-state index >= 15 is 0 Å². The molecule has 0 aliphatic rings. The Morgan fingerprint density at radius 1 is 1.25 bits per heavy atom. The highest BCUT2D eigenvalue weighted by atomic mass is 35.5. The summed E-state index contributed by atoms with van der Waals surface area (Å²) >= 11 is 7.28. The van der Waals surface area contributed by atoms with Crippen molar-refractivity contribution in [2.75, 3.05) is 12.8 Å². The van der Waals surface area contributed by atoms with E-state index < -0.39 is 27.5 Å². The van der Waals surface area contributed by atoms with Crippen LogP contribution >= 0.6 is 23.4 Å². The number of halogens is 1. The number of fused-ring (bicyclic) bond motifs is 1. The van der Waals surface area contributed by atoms with Gasteiger partial charge >= 0.3 is 5.97 Å². The molecule has 0 spiro atoms. The first-order valence-electron chi connectivity index (χ1n) is 9.14. The van der Waals surface area contributed by atoms with Crippen LogP contribution in [-0.4, -0.2) is 37.1 Å². The zero-order chi connectivity index (χ0) is 23.5. The van der Waals surface area contributed by atoms with Crippen molar-refractivity contribution in [2.24, 2.45) is 0 Å². The van der Waals surface area contributed by atoms with Crippen LogP contribution in [0, 0.1) is 17.0 Å². The minimum atomic E-state index is -4.16. The van der Waals surface area contributed by atoms with Crippen molar-refractivity contribution in [3.8, 4) is 0 Å². The molecule has 9 nitrogen and oxygen atoms in total. The highest BCUT2D eigenvalue weighted by molar-refractivity contribution is 7.98. The standard InChI is InChI=1S/C20H18ClN3O6S2/c1-12-3-4-13-8-14(20(21)23-16(13)7-12)11-30-19(25)10-22-32(28,29)15-5-6-18(31-2)17(9-15)24(26)27/h3-9,22H,10-11H2,1-2H3. The molecular weight excluding hydrogens is 478 g/mol. The molecule has 1 aromatic heterocycles. The fraction of sp³-hybridized carbons (Fsp3) is 0.200. The minimum Gasteiger partial charge on any atom is -0.460 e. The Hall–Kier alpha value is -2.73. The summed E-state index contributed by atoms with van der Waals surface area (Å²) in [5.41, 5.74) is 1.87. The first kappa shape index (κ1) is 23.9. The number of sulfonamides is 1. The number of benzene rings is 2. The maximum Gasteiger partial charge on any atom is 0.321 e. The molecule has 3 rings (SSSR count). The lowest BCUT2D eigenvalue weighted by atomic mass is 10.1. The monoisotopic (exact) mass is 495 g/mol. The topological polar surface area (TPSA) is 128 Å². The van der Waals surface area contributed by atoms with Gasteiger partial charge in [-0.25, -0.2) is 13.4 Å². The number of hydrogen-bond acceptors (Lipinski definition) is 8. The molecule has 0 saturated carbocycles. The summed E-state index contributed by atoms with van der Waals surface area (Å²) in [6, 6.07) is 10.9. The van der Waals surface area contributed by atoms with Gasteiger partial charge in [-0.2, -0.15) is 4.72 Å². The molecule has 0 unspecified atom stereocenters. The maximum absolute atomic E-state index is 12.4. The molecule has 1 N–H and O–H groups in total. The average molecular weight is 496 g/mol. The summed E-state index contributed by atoms with van der Waals surface area (Å²) in [5.74, 6) is -0.844. The highest BCUT2D eigenvalue weighted by Crippen LogP contribution is 2.29. The van der Waals surface area contributed by atoms with E-state index in [-0.39, 0.29) is 22.3 Å². The summed E-state index contributed by atoms with van der Waals surface area (Å²) in [7, 11) is -4.16. The Morgan fingerprint density at radius 3 is 2.69 bits per heavy atom. The molecule has 0 fully saturated rings. The molecule has 3 aromatic rings. The molecule has 168 valence electrons. The van der Waals surface area contributed by atoms with Crippen molar-refractivity contribution in [1.82, 2.24) is 9.71 Å². The number of aryl methyl sites for hydroxylation is 1. The van der Waals surface area contributed by atoms with Crippen LogP contribution in [0.4, 0.5) is 5.69 Å². The molecule has 0 aliphatic heterocycles. The van der Waals surface area contributed by atoms with Crippen molar-refractivity contribution in [3.05, 3.63) is 68.9 Å². The smallest absolute Gasteiger partial charge is 0.321 e. The lowest BCUT2D eigenvalue weighted by molar-refractivity contribution is -0.387. The lowest BCUT2D eigenvalue weighted by Gasteiger charge is -2.10. The fourth-order valence-corrected chi connectivity index (χ4v) is 4.56. The van der Waals surface area contributed by atoms with Gasteiger partial charge < -0.3 is 4.74 Å². The van der Waals surface area contributed by atoms with Crippen LogP contribution in [0.15, 0.2) is 52.3 Å². The van der Waals surface area contributed by atoms with Crippen molar-refractivity contribution in [3.63, 3.8) is 0 Å². The van der Waals surface area contributed by atoms with Gasteiger partial charge in [-0.1, -0.05) is 23.7 Å². The SMILES string of the molecule is CSc1ccc(S(=O)(=O)NCC(=O)OCc2cc3ccc(C)cc3nc2Cl)cc1[N+](=O)[O-]. The van der Waals surface area contributed by atoms with Crippen molar-refractivity contribution < 1.29 is 22.9 Å². The normalized spacial score (nSPS) is 11.5. The number of carbonyl (C=O) groups is 1. The first-order valence-corrected chi connectivity index (χ1v) is 12.2. The number of nitrogens with zero attached hydrogens (tertiary/aromatic N) is 2. The molecule has 0 aliphatic carbocycles. The van der Waals surface area contributed by atoms with E-state index in [2.05, 4.69) is 9.71 Å². The summed E-state index contributed by atoms with van der Waals surface area (Å²) < 4.78 is 32.1. The second-order valence-corrected chi connectivity index (χ2v) is 9.68. The second-order valence-electron chi connectivity index (χ2n) is 6.71. The van der Waals surface area contributed by atoms with Crippen molar-refractivity contribution in [1.29, 1.82) is 0 Å². The third-order valence-corrected chi connectivity index (χ3v) is 6.96. The lowest BCUT2D eigenvalue weighted by Crippen LogP contribution is -2.30. The van der Waals surface area contributed by atoms with Gasteiger partial charge in [-0.15, -0.1) is 11.8 Å². The van der Waals surface area contributed by atoms with Crippen LogP contribution in [0.5, 0.6) is 0 Å². The average Bonchev–Trinajstić information content (AvgIpc) is 2.75. The number of esters is 1. The Kier molecular flexibility index (Phi) is 7.34. The third-order valence-electron chi connectivity index (χ3n) is 4.45. The molecule has 0 amide bonds. The van der Waals surface area contributed by atoms with Gasteiger partial charge in [-0.05, 0) is 43.0 Å². The number of aromatic nitrogens is 1.